The van der Waals surface area contributed by atoms with Gasteiger partial charge in [0.05, 0.1) is 15.8 Å². The fraction of sp³-hybridized carbons (Fsp3) is 0.600. The van der Waals surface area contributed by atoms with Crippen molar-refractivity contribution in [1.29, 1.82) is 0 Å². The molecule has 2 N–H and O–H groups in total. The average Bonchev–Trinajstić information content (AvgIpc) is 2.84. The van der Waals surface area contributed by atoms with Crippen LogP contribution in [-0.4, -0.2) is 13.1 Å². The largest absolute Gasteiger partial charge is 0.397 e. The van der Waals surface area contributed by atoms with Crippen LogP contribution in [0.25, 0.3) is 0 Å². The van der Waals surface area contributed by atoms with Crippen LogP contribution in [0.3, 0.4) is 0 Å². The van der Waals surface area contributed by atoms with Crippen molar-refractivity contribution in [3.63, 3.8) is 0 Å². The molecule has 104 valence electrons. The fourth-order valence-electron chi connectivity index (χ4n) is 3.67. The first-order valence-corrected chi connectivity index (χ1v) is 7.88. The number of piperidine rings is 1. The first-order chi connectivity index (χ1) is 9.10. The van der Waals surface area contributed by atoms with E-state index in [1.165, 1.54) is 44.6 Å². The van der Waals surface area contributed by atoms with Crippen molar-refractivity contribution in [3.8, 4) is 0 Å². The van der Waals surface area contributed by atoms with Gasteiger partial charge in [0.25, 0.3) is 0 Å². The number of halogens is 2. The van der Waals surface area contributed by atoms with E-state index in [4.69, 9.17) is 5.73 Å². The molecule has 2 aliphatic rings. The fourth-order valence-corrected chi connectivity index (χ4v) is 4.00. The molecule has 1 aromatic rings. The second-order valence-corrected chi connectivity index (χ2v) is 6.87. The van der Waals surface area contributed by atoms with Gasteiger partial charge in [0.2, 0.25) is 0 Å². The molecule has 0 atom stereocenters. The minimum atomic E-state index is -0.287. The predicted molar refractivity (Wildman–Crippen MR) is 80.9 cm³/mol. The first-order valence-electron chi connectivity index (χ1n) is 7.09. The Hall–Kier alpha value is -0.770. The quantitative estimate of drug-likeness (QED) is 0.778. The van der Waals surface area contributed by atoms with Crippen LogP contribution in [0.1, 0.15) is 38.5 Å². The van der Waals surface area contributed by atoms with Crippen molar-refractivity contribution in [3.05, 3.63) is 22.4 Å². The Morgan fingerprint density at radius 2 is 1.74 bits per heavy atom. The lowest BCUT2D eigenvalue weighted by molar-refractivity contribution is 0.226. The summed E-state index contributed by atoms with van der Waals surface area (Å²) in [6.45, 7) is 2.09. The highest BCUT2D eigenvalue weighted by Crippen LogP contribution is 2.47. The Kier molecular flexibility index (Phi) is 3.46. The maximum atomic E-state index is 13.4. The predicted octanol–water partition coefficient (Wildman–Crippen LogP) is 4.33. The van der Waals surface area contributed by atoms with Crippen LogP contribution in [0.4, 0.5) is 15.8 Å². The number of hydrogen-bond acceptors (Lipinski definition) is 2. The number of hydrogen-bond donors (Lipinski definition) is 1. The third-order valence-corrected chi connectivity index (χ3v) is 5.51. The molecular formula is C15H20BrFN2. The van der Waals surface area contributed by atoms with Crippen LogP contribution in [0.5, 0.6) is 0 Å². The van der Waals surface area contributed by atoms with Gasteiger partial charge in [0, 0.05) is 19.2 Å². The molecule has 0 amide bonds. The molecule has 1 heterocycles. The Morgan fingerprint density at radius 1 is 1.11 bits per heavy atom. The van der Waals surface area contributed by atoms with Crippen LogP contribution in [0.2, 0.25) is 0 Å². The van der Waals surface area contributed by atoms with Gasteiger partial charge < -0.3 is 10.6 Å². The summed E-state index contributed by atoms with van der Waals surface area (Å²) in [5, 5.41) is 0. The van der Waals surface area contributed by atoms with Gasteiger partial charge in [-0.05, 0) is 53.1 Å². The molecule has 1 aliphatic heterocycles. The standard InChI is InChI=1S/C15H20BrFN2/c16-11-9-14(13(18)10-12(11)17)19-7-5-15(6-8-19)3-1-2-4-15/h9-10H,1-8,18H2. The third kappa shape index (κ3) is 2.47. The van der Waals surface area contributed by atoms with Crippen LogP contribution < -0.4 is 10.6 Å². The Bertz CT molecular complexity index is 473. The zero-order chi connectivity index (χ0) is 13.5. The third-order valence-electron chi connectivity index (χ3n) is 4.90. The summed E-state index contributed by atoms with van der Waals surface area (Å²) >= 11 is 3.25. The lowest BCUT2D eigenvalue weighted by Gasteiger charge is -2.41. The van der Waals surface area contributed by atoms with Gasteiger partial charge in [-0.1, -0.05) is 12.8 Å². The smallest absolute Gasteiger partial charge is 0.139 e. The zero-order valence-electron chi connectivity index (χ0n) is 11.1. The molecule has 1 spiro atoms. The average molecular weight is 327 g/mol. The van der Waals surface area contributed by atoms with E-state index in [1.807, 2.05) is 6.07 Å². The van der Waals surface area contributed by atoms with Crippen LogP contribution in [-0.2, 0) is 0 Å². The summed E-state index contributed by atoms with van der Waals surface area (Å²) in [4.78, 5) is 2.31. The molecule has 1 saturated carbocycles. The highest BCUT2D eigenvalue weighted by atomic mass is 79.9. The molecule has 2 nitrogen and oxygen atoms in total. The van der Waals surface area contributed by atoms with Crippen LogP contribution in [0.15, 0.2) is 16.6 Å². The zero-order valence-corrected chi connectivity index (χ0v) is 12.7. The molecule has 0 bridgehead atoms. The van der Waals surface area contributed by atoms with Gasteiger partial charge in [-0.2, -0.15) is 0 Å². The number of nitrogens with two attached hydrogens (primary N) is 1. The lowest BCUT2D eigenvalue weighted by Crippen LogP contribution is -2.39. The van der Waals surface area contributed by atoms with E-state index in [1.54, 1.807) is 0 Å². The van der Waals surface area contributed by atoms with Gasteiger partial charge in [-0.25, -0.2) is 4.39 Å². The monoisotopic (exact) mass is 326 g/mol. The maximum Gasteiger partial charge on any atom is 0.139 e. The normalized spacial score (nSPS) is 22.1. The van der Waals surface area contributed by atoms with E-state index >= 15 is 0 Å². The number of nitrogens with zero attached hydrogens (tertiary/aromatic N) is 1. The Morgan fingerprint density at radius 3 is 2.37 bits per heavy atom. The van der Waals surface area contributed by atoms with Crippen molar-refractivity contribution in [1.82, 2.24) is 0 Å². The Balaban J connectivity index is 1.76. The van der Waals surface area contributed by atoms with E-state index in [0.29, 0.717) is 15.6 Å². The van der Waals surface area contributed by atoms with Gasteiger partial charge in [0.15, 0.2) is 0 Å². The molecule has 1 aromatic carbocycles. The van der Waals surface area contributed by atoms with Gasteiger partial charge in [-0.3, -0.25) is 0 Å². The molecule has 0 unspecified atom stereocenters. The summed E-state index contributed by atoms with van der Waals surface area (Å²) < 4.78 is 13.9. The van der Waals surface area contributed by atoms with Crippen molar-refractivity contribution < 1.29 is 4.39 Å². The van der Waals surface area contributed by atoms with E-state index in [-0.39, 0.29) is 5.82 Å². The van der Waals surface area contributed by atoms with Crippen molar-refractivity contribution in [2.24, 2.45) is 5.41 Å². The minimum absolute atomic E-state index is 0.287. The molecule has 19 heavy (non-hydrogen) atoms. The highest BCUT2D eigenvalue weighted by Gasteiger charge is 2.37. The van der Waals surface area contributed by atoms with Gasteiger partial charge in [-0.15, -0.1) is 0 Å². The molecule has 1 aliphatic carbocycles. The summed E-state index contributed by atoms with van der Waals surface area (Å²) in [6, 6.07) is 3.23. The second-order valence-electron chi connectivity index (χ2n) is 6.02. The minimum Gasteiger partial charge on any atom is -0.397 e. The number of benzene rings is 1. The molecule has 0 aromatic heterocycles. The number of rotatable bonds is 1. The molecular weight excluding hydrogens is 307 g/mol. The Labute approximate surface area is 122 Å². The maximum absolute atomic E-state index is 13.4. The highest BCUT2D eigenvalue weighted by molar-refractivity contribution is 9.10. The number of anilines is 2. The SMILES string of the molecule is Nc1cc(F)c(Br)cc1N1CCC2(CCCC2)CC1. The van der Waals surface area contributed by atoms with Gasteiger partial charge >= 0.3 is 0 Å². The van der Waals surface area contributed by atoms with E-state index in [2.05, 4.69) is 20.8 Å². The van der Waals surface area contributed by atoms with E-state index < -0.39 is 0 Å². The second kappa shape index (κ2) is 4.97. The van der Waals surface area contributed by atoms with Crippen molar-refractivity contribution in [2.45, 2.75) is 38.5 Å². The topological polar surface area (TPSA) is 29.3 Å². The molecule has 2 fully saturated rings. The van der Waals surface area contributed by atoms with Crippen molar-refractivity contribution >= 4 is 27.3 Å². The summed E-state index contributed by atoms with van der Waals surface area (Å²) in [7, 11) is 0. The van der Waals surface area contributed by atoms with Crippen LogP contribution in [0, 0.1) is 11.2 Å². The van der Waals surface area contributed by atoms with E-state index in [0.717, 1.165) is 18.8 Å². The lowest BCUT2D eigenvalue weighted by atomic mass is 9.77. The molecule has 0 radical (unpaired) electrons. The van der Waals surface area contributed by atoms with Crippen molar-refractivity contribution in [2.75, 3.05) is 23.7 Å². The molecule has 4 heteroatoms. The first kappa shape index (κ1) is 13.2. The number of nitrogen functional groups attached to an aromatic ring is 1. The summed E-state index contributed by atoms with van der Waals surface area (Å²) in [5.41, 5.74) is 8.08. The molecule has 1 saturated heterocycles. The summed E-state index contributed by atoms with van der Waals surface area (Å²) in [5.74, 6) is -0.287. The molecule has 3 rings (SSSR count). The van der Waals surface area contributed by atoms with Crippen LogP contribution >= 0.6 is 15.9 Å². The van der Waals surface area contributed by atoms with Gasteiger partial charge in [0.1, 0.15) is 5.82 Å². The van der Waals surface area contributed by atoms with E-state index in [9.17, 15) is 4.39 Å². The summed E-state index contributed by atoms with van der Waals surface area (Å²) in [6.07, 6.45) is 8.07.